The molecule has 0 radical (unpaired) electrons. The van der Waals surface area contributed by atoms with Crippen LogP contribution in [0.2, 0.25) is 0 Å². The van der Waals surface area contributed by atoms with Crippen molar-refractivity contribution in [3.63, 3.8) is 0 Å². The van der Waals surface area contributed by atoms with E-state index in [-0.39, 0.29) is 18.1 Å². The van der Waals surface area contributed by atoms with Crippen LogP contribution < -0.4 is 14.8 Å². The molecule has 3 rings (SSSR count). The van der Waals surface area contributed by atoms with Crippen molar-refractivity contribution in [3.8, 4) is 11.5 Å². The zero-order chi connectivity index (χ0) is 16.2. The third-order valence-electron chi connectivity index (χ3n) is 4.48. The normalized spacial score (nSPS) is 27.6. The zero-order valence-corrected chi connectivity index (χ0v) is 13.3. The van der Waals surface area contributed by atoms with Crippen LogP contribution in [0.4, 0.5) is 0 Å². The maximum atomic E-state index is 11.1. The van der Waals surface area contributed by atoms with Crippen molar-refractivity contribution in [3.05, 3.63) is 23.8 Å². The standard InChI is InChI=1S/C17H23NO5/c1-21-15-5-4-11(14-7-12(9-18-14)17(19)20)8-16(15)23-13-3-2-6-22-10-13/h4-5,8,12-14,18H,2-3,6-7,9-10H2,1H3,(H,19,20). The van der Waals surface area contributed by atoms with E-state index in [1.165, 1.54) is 0 Å². The van der Waals surface area contributed by atoms with Gasteiger partial charge in [-0.3, -0.25) is 4.79 Å². The molecule has 2 N–H and O–H groups in total. The van der Waals surface area contributed by atoms with Gasteiger partial charge in [0.1, 0.15) is 6.10 Å². The Morgan fingerprint density at radius 2 is 2.26 bits per heavy atom. The number of carbonyl (C=O) groups is 1. The molecule has 0 aliphatic carbocycles. The number of methoxy groups -OCH3 is 1. The molecule has 2 aliphatic rings. The minimum atomic E-state index is -0.746. The summed E-state index contributed by atoms with van der Waals surface area (Å²) in [7, 11) is 1.62. The number of benzene rings is 1. The van der Waals surface area contributed by atoms with Gasteiger partial charge >= 0.3 is 5.97 Å². The van der Waals surface area contributed by atoms with Gasteiger partial charge in [-0.05, 0) is 37.0 Å². The van der Waals surface area contributed by atoms with E-state index in [0.29, 0.717) is 31.1 Å². The number of aliphatic carboxylic acids is 1. The van der Waals surface area contributed by atoms with E-state index in [1.807, 2.05) is 18.2 Å². The summed E-state index contributed by atoms with van der Waals surface area (Å²) < 4.78 is 16.9. The van der Waals surface area contributed by atoms with Crippen LogP contribution in [0.5, 0.6) is 11.5 Å². The van der Waals surface area contributed by atoms with Crippen LogP contribution in [0.25, 0.3) is 0 Å². The van der Waals surface area contributed by atoms with Gasteiger partial charge in [-0.1, -0.05) is 6.07 Å². The van der Waals surface area contributed by atoms with Crippen LogP contribution in [0.1, 0.15) is 30.9 Å². The summed E-state index contributed by atoms with van der Waals surface area (Å²) in [6, 6.07) is 5.83. The molecule has 2 aliphatic heterocycles. The lowest BCUT2D eigenvalue weighted by molar-refractivity contribution is -0.141. The van der Waals surface area contributed by atoms with E-state index >= 15 is 0 Å². The molecule has 2 saturated heterocycles. The van der Waals surface area contributed by atoms with Gasteiger partial charge in [0.15, 0.2) is 11.5 Å². The molecule has 2 fully saturated rings. The lowest BCUT2D eigenvalue weighted by atomic mass is 10.00. The predicted molar refractivity (Wildman–Crippen MR) is 83.9 cm³/mol. The smallest absolute Gasteiger partial charge is 0.307 e. The first-order valence-corrected chi connectivity index (χ1v) is 8.06. The van der Waals surface area contributed by atoms with E-state index in [9.17, 15) is 4.79 Å². The number of ether oxygens (including phenoxy) is 3. The molecule has 2 heterocycles. The fourth-order valence-corrected chi connectivity index (χ4v) is 3.16. The Labute approximate surface area is 135 Å². The number of hydrogen-bond acceptors (Lipinski definition) is 5. The highest BCUT2D eigenvalue weighted by atomic mass is 16.5. The van der Waals surface area contributed by atoms with Gasteiger partial charge in [0.2, 0.25) is 0 Å². The predicted octanol–water partition coefficient (Wildman–Crippen LogP) is 1.99. The van der Waals surface area contributed by atoms with Gasteiger partial charge < -0.3 is 24.6 Å². The minimum Gasteiger partial charge on any atom is -0.493 e. The zero-order valence-electron chi connectivity index (χ0n) is 13.3. The van der Waals surface area contributed by atoms with Crippen molar-refractivity contribution in [2.75, 3.05) is 26.9 Å². The Kier molecular flexibility index (Phi) is 5.03. The molecule has 0 aromatic heterocycles. The maximum absolute atomic E-state index is 11.1. The second kappa shape index (κ2) is 7.19. The van der Waals surface area contributed by atoms with Crippen molar-refractivity contribution in [1.29, 1.82) is 0 Å². The number of rotatable bonds is 5. The number of carboxylic acid groups (broad SMARTS) is 1. The minimum absolute atomic E-state index is 0.0342. The largest absolute Gasteiger partial charge is 0.493 e. The van der Waals surface area contributed by atoms with Crippen LogP contribution in [-0.2, 0) is 9.53 Å². The molecule has 1 aromatic rings. The fourth-order valence-electron chi connectivity index (χ4n) is 3.16. The van der Waals surface area contributed by atoms with Crippen molar-refractivity contribution < 1.29 is 24.1 Å². The molecule has 0 amide bonds. The van der Waals surface area contributed by atoms with Crippen LogP contribution in [0.15, 0.2) is 18.2 Å². The molecule has 1 aromatic carbocycles. The van der Waals surface area contributed by atoms with Crippen LogP contribution in [0, 0.1) is 5.92 Å². The summed E-state index contributed by atoms with van der Waals surface area (Å²) in [4.78, 5) is 11.1. The Morgan fingerprint density at radius 1 is 1.39 bits per heavy atom. The molecule has 3 atom stereocenters. The van der Waals surface area contributed by atoms with E-state index in [1.54, 1.807) is 7.11 Å². The van der Waals surface area contributed by atoms with Crippen LogP contribution in [0.3, 0.4) is 0 Å². The average Bonchev–Trinajstić information content (AvgIpc) is 3.06. The van der Waals surface area contributed by atoms with Crippen molar-refractivity contribution in [1.82, 2.24) is 5.32 Å². The fraction of sp³-hybridized carbons (Fsp3) is 0.588. The third kappa shape index (κ3) is 3.76. The monoisotopic (exact) mass is 321 g/mol. The second-order valence-electron chi connectivity index (χ2n) is 6.10. The van der Waals surface area contributed by atoms with Crippen LogP contribution >= 0.6 is 0 Å². The molecule has 0 bridgehead atoms. The van der Waals surface area contributed by atoms with Crippen molar-refractivity contribution in [2.24, 2.45) is 5.92 Å². The van der Waals surface area contributed by atoms with Gasteiger partial charge in [-0.25, -0.2) is 0 Å². The highest BCUT2D eigenvalue weighted by molar-refractivity contribution is 5.70. The summed E-state index contributed by atoms with van der Waals surface area (Å²) >= 11 is 0. The molecular weight excluding hydrogens is 298 g/mol. The topological polar surface area (TPSA) is 77.0 Å². The van der Waals surface area contributed by atoms with E-state index in [2.05, 4.69) is 5.32 Å². The quantitative estimate of drug-likeness (QED) is 0.864. The first kappa shape index (κ1) is 16.1. The molecule has 6 nitrogen and oxygen atoms in total. The number of nitrogens with one attached hydrogen (secondary N) is 1. The van der Waals surface area contributed by atoms with Gasteiger partial charge in [0.05, 0.1) is 19.6 Å². The summed E-state index contributed by atoms with van der Waals surface area (Å²) in [6.07, 6.45) is 2.59. The molecule has 6 heteroatoms. The first-order valence-electron chi connectivity index (χ1n) is 8.06. The summed E-state index contributed by atoms with van der Waals surface area (Å²) in [5.74, 6) is 0.302. The molecular formula is C17H23NO5. The van der Waals surface area contributed by atoms with E-state index < -0.39 is 5.97 Å². The Hall–Kier alpha value is -1.79. The molecule has 23 heavy (non-hydrogen) atoms. The summed E-state index contributed by atoms with van der Waals surface area (Å²) in [5.41, 5.74) is 1.03. The van der Waals surface area contributed by atoms with E-state index in [4.69, 9.17) is 19.3 Å². The average molecular weight is 321 g/mol. The molecule has 3 unspecified atom stereocenters. The van der Waals surface area contributed by atoms with Gasteiger partial charge in [0.25, 0.3) is 0 Å². The molecule has 0 saturated carbocycles. The lowest BCUT2D eigenvalue weighted by Gasteiger charge is -2.25. The molecule has 126 valence electrons. The highest BCUT2D eigenvalue weighted by Crippen LogP contribution is 2.35. The number of carboxylic acids is 1. The van der Waals surface area contributed by atoms with Gasteiger partial charge in [-0.15, -0.1) is 0 Å². The highest BCUT2D eigenvalue weighted by Gasteiger charge is 2.30. The maximum Gasteiger partial charge on any atom is 0.307 e. The Balaban J connectivity index is 1.74. The Bertz CT molecular complexity index is 556. The van der Waals surface area contributed by atoms with Gasteiger partial charge in [0, 0.05) is 19.2 Å². The SMILES string of the molecule is COc1ccc(C2CC(C(=O)O)CN2)cc1OC1CCCOC1. The van der Waals surface area contributed by atoms with Gasteiger partial charge in [-0.2, -0.15) is 0 Å². The summed E-state index contributed by atoms with van der Waals surface area (Å²) in [6.45, 7) is 1.88. The molecule has 0 spiro atoms. The second-order valence-corrected chi connectivity index (χ2v) is 6.10. The van der Waals surface area contributed by atoms with E-state index in [0.717, 1.165) is 25.0 Å². The lowest BCUT2D eigenvalue weighted by Crippen LogP contribution is -2.28. The first-order chi connectivity index (χ1) is 11.2. The van der Waals surface area contributed by atoms with Crippen molar-refractivity contribution >= 4 is 5.97 Å². The Morgan fingerprint density at radius 3 is 2.91 bits per heavy atom. The van der Waals surface area contributed by atoms with Crippen LogP contribution in [-0.4, -0.2) is 44.0 Å². The van der Waals surface area contributed by atoms with Crippen molar-refractivity contribution in [2.45, 2.75) is 31.4 Å². The third-order valence-corrected chi connectivity index (χ3v) is 4.48. The summed E-state index contributed by atoms with van der Waals surface area (Å²) in [5, 5.41) is 12.4. The number of hydrogen-bond donors (Lipinski definition) is 2.